The molecule has 2 rings (SSSR count). The smallest absolute Gasteiger partial charge is 0.126 e. The number of nitrogens with one attached hydrogen (secondary N) is 1. The molecule has 3 heteroatoms. The Labute approximate surface area is 126 Å². The summed E-state index contributed by atoms with van der Waals surface area (Å²) in [4.78, 5) is 4.47. The first kappa shape index (κ1) is 14.9. The van der Waals surface area contributed by atoms with Gasteiger partial charge in [-0.2, -0.15) is 0 Å². The largest absolute Gasteiger partial charge is 0.366 e. The zero-order valence-corrected chi connectivity index (χ0v) is 13.0. The summed E-state index contributed by atoms with van der Waals surface area (Å²) >= 11 is 5.84. The molecule has 106 valence electrons. The van der Waals surface area contributed by atoms with Gasteiger partial charge in [0.2, 0.25) is 0 Å². The third-order valence-corrected chi connectivity index (χ3v) is 3.56. The SMILES string of the molecule is CC(C)(C)c1ccc(NCc2cccc(CCl)c2)nc1. The third kappa shape index (κ3) is 3.97. The lowest BCUT2D eigenvalue weighted by atomic mass is 9.88. The Morgan fingerprint density at radius 2 is 1.85 bits per heavy atom. The quantitative estimate of drug-likeness (QED) is 0.823. The minimum Gasteiger partial charge on any atom is -0.366 e. The van der Waals surface area contributed by atoms with Gasteiger partial charge < -0.3 is 5.32 Å². The molecule has 0 radical (unpaired) electrons. The molecular weight excluding hydrogens is 268 g/mol. The van der Waals surface area contributed by atoms with Gasteiger partial charge in [0, 0.05) is 18.6 Å². The van der Waals surface area contributed by atoms with Crippen molar-refractivity contribution in [2.24, 2.45) is 0 Å². The van der Waals surface area contributed by atoms with Crippen LogP contribution in [0.5, 0.6) is 0 Å². The van der Waals surface area contributed by atoms with Gasteiger partial charge in [-0.25, -0.2) is 4.98 Å². The maximum Gasteiger partial charge on any atom is 0.126 e. The van der Waals surface area contributed by atoms with E-state index in [2.05, 4.69) is 49.3 Å². The molecule has 1 aromatic carbocycles. The van der Waals surface area contributed by atoms with Crippen molar-refractivity contribution in [3.63, 3.8) is 0 Å². The van der Waals surface area contributed by atoms with E-state index in [1.54, 1.807) is 0 Å². The number of aromatic nitrogens is 1. The number of halogens is 1. The number of pyridine rings is 1. The predicted molar refractivity (Wildman–Crippen MR) is 86.3 cm³/mol. The van der Waals surface area contributed by atoms with Crippen LogP contribution >= 0.6 is 11.6 Å². The van der Waals surface area contributed by atoms with E-state index >= 15 is 0 Å². The van der Waals surface area contributed by atoms with Gasteiger partial charge in [-0.05, 0) is 28.2 Å². The highest BCUT2D eigenvalue weighted by Crippen LogP contribution is 2.22. The van der Waals surface area contributed by atoms with E-state index in [1.165, 1.54) is 11.1 Å². The Morgan fingerprint density at radius 3 is 2.45 bits per heavy atom. The Kier molecular flexibility index (Phi) is 4.66. The fourth-order valence-electron chi connectivity index (χ4n) is 1.96. The van der Waals surface area contributed by atoms with E-state index in [-0.39, 0.29) is 5.41 Å². The third-order valence-electron chi connectivity index (χ3n) is 3.25. The molecule has 0 aliphatic heterocycles. The molecule has 2 nitrogen and oxygen atoms in total. The van der Waals surface area contributed by atoms with Crippen molar-refractivity contribution in [1.82, 2.24) is 4.98 Å². The zero-order chi connectivity index (χ0) is 14.6. The molecule has 0 bridgehead atoms. The predicted octanol–water partition coefficient (Wildman–Crippen LogP) is 4.73. The molecule has 0 atom stereocenters. The second-order valence-electron chi connectivity index (χ2n) is 5.99. The minimum absolute atomic E-state index is 0.139. The van der Waals surface area contributed by atoms with Gasteiger partial charge in [0.15, 0.2) is 0 Å². The van der Waals surface area contributed by atoms with Gasteiger partial charge >= 0.3 is 0 Å². The van der Waals surface area contributed by atoms with Crippen molar-refractivity contribution in [2.45, 2.75) is 38.6 Å². The maximum atomic E-state index is 5.84. The molecule has 0 saturated carbocycles. The molecule has 0 fully saturated rings. The van der Waals surface area contributed by atoms with Crippen LogP contribution in [0.2, 0.25) is 0 Å². The van der Waals surface area contributed by atoms with Gasteiger partial charge in [-0.3, -0.25) is 0 Å². The summed E-state index contributed by atoms with van der Waals surface area (Å²) in [6.07, 6.45) is 1.94. The molecule has 0 unspecified atom stereocenters. The first-order valence-corrected chi connectivity index (χ1v) is 7.36. The molecule has 0 saturated heterocycles. The maximum absolute atomic E-state index is 5.84. The molecule has 0 spiro atoms. The highest BCUT2D eigenvalue weighted by Gasteiger charge is 2.13. The summed E-state index contributed by atoms with van der Waals surface area (Å²) in [5.74, 6) is 1.45. The number of benzene rings is 1. The zero-order valence-electron chi connectivity index (χ0n) is 12.3. The van der Waals surface area contributed by atoms with Crippen LogP contribution in [0.25, 0.3) is 0 Å². The minimum atomic E-state index is 0.139. The number of alkyl halides is 1. The normalized spacial score (nSPS) is 11.4. The first-order chi connectivity index (χ1) is 9.49. The van der Waals surface area contributed by atoms with Crippen LogP contribution in [0.4, 0.5) is 5.82 Å². The average Bonchev–Trinajstić information content (AvgIpc) is 2.45. The second kappa shape index (κ2) is 6.27. The van der Waals surface area contributed by atoms with Crippen molar-refractivity contribution in [2.75, 3.05) is 5.32 Å². The van der Waals surface area contributed by atoms with E-state index < -0.39 is 0 Å². The van der Waals surface area contributed by atoms with Crippen LogP contribution < -0.4 is 5.32 Å². The Morgan fingerprint density at radius 1 is 1.10 bits per heavy atom. The lowest BCUT2D eigenvalue weighted by Gasteiger charge is -2.18. The molecular formula is C17H21ClN2. The van der Waals surface area contributed by atoms with Crippen LogP contribution in [-0.4, -0.2) is 4.98 Å². The monoisotopic (exact) mass is 288 g/mol. The Bertz CT molecular complexity index is 556. The lowest BCUT2D eigenvalue weighted by molar-refractivity contribution is 0.587. The van der Waals surface area contributed by atoms with Crippen molar-refractivity contribution in [1.29, 1.82) is 0 Å². The lowest BCUT2D eigenvalue weighted by Crippen LogP contribution is -2.11. The first-order valence-electron chi connectivity index (χ1n) is 6.83. The van der Waals surface area contributed by atoms with E-state index in [9.17, 15) is 0 Å². The van der Waals surface area contributed by atoms with Gasteiger partial charge in [0.1, 0.15) is 5.82 Å². The van der Waals surface area contributed by atoms with Crippen molar-refractivity contribution in [3.8, 4) is 0 Å². The van der Waals surface area contributed by atoms with Crippen LogP contribution in [-0.2, 0) is 17.8 Å². The standard InChI is InChI=1S/C17H21ClN2/c1-17(2,3)15-7-8-16(20-12-15)19-11-14-6-4-5-13(9-14)10-18/h4-9,12H,10-11H2,1-3H3,(H,19,20). The number of rotatable bonds is 4. The average molecular weight is 289 g/mol. The van der Waals surface area contributed by atoms with Gasteiger partial charge in [0.05, 0.1) is 0 Å². The van der Waals surface area contributed by atoms with E-state index in [0.717, 1.165) is 17.9 Å². The number of hydrogen-bond acceptors (Lipinski definition) is 2. The molecule has 1 N–H and O–H groups in total. The number of hydrogen-bond donors (Lipinski definition) is 1. The van der Waals surface area contributed by atoms with Crippen molar-refractivity contribution in [3.05, 3.63) is 59.3 Å². The molecule has 0 amide bonds. The highest BCUT2D eigenvalue weighted by atomic mass is 35.5. The summed E-state index contributed by atoms with van der Waals surface area (Å²) in [7, 11) is 0. The Hall–Kier alpha value is -1.54. The van der Waals surface area contributed by atoms with Crippen LogP contribution in [0.15, 0.2) is 42.6 Å². The van der Waals surface area contributed by atoms with Crippen LogP contribution in [0.3, 0.4) is 0 Å². The molecule has 20 heavy (non-hydrogen) atoms. The van der Waals surface area contributed by atoms with Gasteiger partial charge in [-0.1, -0.05) is 51.1 Å². The van der Waals surface area contributed by atoms with Crippen LogP contribution in [0, 0.1) is 0 Å². The van der Waals surface area contributed by atoms with Crippen LogP contribution in [0.1, 0.15) is 37.5 Å². The fourth-order valence-corrected chi connectivity index (χ4v) is 2.12. The van der Waals surface area contributed by atoms with Gasteiger partial charge in [-0.15, -0.1) is 11.6 Å². The molecule has 0 aliphatic carbocycles. The Balaban J connectivity index is 2.00. The van der Waals surface area contributed by atoms with Crippen molar-refractivity contribution < 1.29 is 0 Å². The highest BCUT2D eigenvalue weighted by molar-refractivity contribution is 6.17. The number of anilines is 1. The number of nitrogens with zero attached hydrogens (tertiary/aromatic N) is 1. The molecule has 1 heterocycles. The fraction of sp³-hybridized carbons (Fsp3) is 0.353. The van der Waals surface area contributed by atoms with E-state index in [4.69, 9.17) is 11.6 Å². The van der Waals surface area contributed by atoms with E-state index in [1.807, 2.05) is 24.4 Å². The summed E-state index contributed by atoms with van der Waals surface area (Å²) in [6, 6.07) is 12.4. The molecule has 1 aromatic heterocycles. The summed E-state index contributed by atoms with van der Waals surface area (Å²) in [5.41, 5.74) is 3.74. The van der Waals surface area contributed by atoms with Gasteiger partial charge in [0.25, 0.3) is 0 Å². The summed E-state index contributed by atoms with van der Waals surface area (Å²) in [5, 5.41) is 3.34. The van der Waals surface area contributed by atoms with E-state index in [0.29, 0.717) is 5.88 Å². The second-order valence-corrected chi connectivity index (χ2v) is 6.26. The topological polar surface area (TPSA) is 24.9 Å². The van der Waals surface area contributed by atoms with Crippen molar-refractivity contribution >= 4 is 17.4 Å². The summed E-state index contributed by atoms with van der Waals surface area (Å²) in [6.45, 7) is 7.32. The molecule has 0 aliphatic rings. The summed E-state index contributed by atoms with van der Waals surface area (Å²) < 4.78 is 0. The molecule has 2 aromatic rings.